The summed E-state index contributed by atoms with van der Waals surface area (Å²) >= 11 is 0. The Kier molecular flexibility index (Phi) is 12.0. The summed E-state index contributed by atoms with van der Waals surface area (Å²) in [7, 11) is 0. The Morgan fingerprint density at radius 1 is 0.181 bits per heavy atom. The van der Waals surface area contributed by atoms with E-state index in [1.165, 1.54) is 33.4 Å². The largest absolute Gasteiger partial charge is 0.310 e. The minimum absolute atomic E-state index is 0.824. The van der Waals surface area contributed by atoms with Gasteiger partial charge in [-0.05, 0) is 142 Å². The monoisotopic (exact) mass is 920 g/mol. The Morgan fingerprint density at radius 2 is 0.444 bits per heavy atom. The van der Waals surface area contributed by atoms with Crippen LogP contribution in [0.5, 0.6) is 0 Å². The number of hydrogen-bond donors (Lipinski definition) is 0. The van der Waals surface area contributed by atoms with Crippen molar-refractivity contribution in [3.63, 3.8) is 0 Å². The number of benzene rings is 11. The van der Waals surface area contributed by atoms with E-state index in [0.717, 1.165) is 78.8 Å². The van der Waals surface area contributed by atoms with Gasteiger partial charge in [-0.15, -0.1) is 0 Å². The molecule has 0 amide bonds. The third-order valence-corrected chi connectivity index (χ3v) is 13.2. The van der Waals surface area contributed by atoms with Crippen LogP contribution in [0.25, 0.3) is 78.1 Å². The first kappa shape index (κ1) is 43.6. The molecule has 0 N–H and O–H groups in total. The third kappa shape index (κ3) is 9.04. The van der Waals surface area contributed by atoms with Crippen molar-refractivity contribution in [3.8, 4) is 67.0 Å². The van der Waals surface area contributed by atoms with E-state index >= 15 is 0 Å². The van der Waals surface area contributed by atoms with Crippen LogP contribution in [-0.4, -0.2) is 9.97 Å². The summed E-state index contributed by atoms with van der Waals surface area (Å²) in [6, 6.07) is 103. The van der Waals surface area contributed by atoms with Crippen LogP contribution in [-0.2, 0) is 0 Å². The summed E-state index contributed by atoms with van der Waals surface area (Å²) in [5.74, 6) is 0. The molecule has 0 saturated carbocycles. The molecular weight excluding hydrogens is 873 g/mol. The molecule has 0 fully saturated rings. The Hall–Kier alpha value is -9.64. The van der Waals surface area contributed by atoms with Gasteiger partial charge in [0.15, 0.2) is 0 Å². The van der Waals surface area contributed by atoms with Gasteiger partial charge in [-0.2, -0.15) is 0 Å². The van der Waals surface area contributed by atoms with Crippen molar-refractivity contribution in [2.75, 3.05) is 9.80 Å². The number of fused-ring (bicyclic) bond motifs is 1. The van der Waals surface area contributed by atoms with E-state index in [-0.39, 0.29) is 0 Å². The number of hydrogen-bond acceptors (Lipinski definition) is 4. The lowest BCUT2D eigenvalue weighted by molar-refractivity contribution is 1.26. The van der Waals surface area contributed by atoms with Crippen molar-refractivity contribution in [1.82, 2.24) is 9.97 Å². The number of para-hydroxylation sites is 4. The van der Waals surface area contributed by atoms with Gasteiger partial charge in [0.1, 0.15) is 0 Å². The fourth-order valence-corrected chi connectivity index (χ4v) is 9.65. The minimum Gasteiger partial charge on any atom is -0.310 e. The molecule has 11 aromatic carbocycles. The van der Waals surface area contributed by atoms with Crippen LogP contribution < -0.4 is 9.80 Å². The number of anilines is 6. The average molecular weight is 921 g/mol. The molecule has 1 aromatic heterocycles. The van der Waals surface area contributed by atoms with E-state index in [9.17, 15) is 0 Å². The Bertz CT molecular complexity index is 3530. The maximum atomic E-state index is 5.32. The average Bonchev–Trinajstić information content (AvgIpc) is 3.46. The summed E-state index contributed by atoms with van der Waals surface area (Å²) in [5.41, 5.74) is 21.1. The highest BCUT2D eigenvalue weighted by Gasteiger charge is 2.19. The minimum atomic E-state index is 0.824. The van der Waals surface area contributed by atoms with Crippen LogP contribution in [0.1, 0.15) is 0 Å². The molecule has 0 aliphatic rings. The van der Waals surface area contributed by atoms with Gasteiger partial charge in [-0.3, -0.25) is 0 Å². The molecular formula is C68H48N4. The van der Waals surface area contributed by atoms with E-state index in [2.05, 4.69) is 277 Å². The molecule has 0 saturated heterocycles. The molecule has 0 atom stereocenters. The van der Waals surface area contributed by atoms with Crippen molar-refractivity contribution < 1.29 is 0 Å². The zero-order valence-corrected chi connectivity index (χ0v) is 39.5. The predicted octanol–water partition coefficient (Wildman–Crippen LogP) is 18.6. The molecule has 0 spiro atoms. The molecule has 72 heavy (non-hydrogen) atoms. The van der Waals surface area contributed by atoms with Crippen LogP contribution in [0.2, 0.25) is 0 Å². The van der Waals surface area contributed by atoms with Crippen molar-refractivity contribution in [1.29, 1.82) is 0 Å². The van der Waals surface area contributed by atoms with Crippen LogP contribution >= 0.6 is 0 Å². The third-order valence-electron chi connectivity index (χ3n) is 13.2. The van der Waals surface area contributed by atoms with E-state index in [0.29, 0.717) is 0 Å². The van der Waals surface area contributed by atoms with Gasteiger partial charge < -0.3 is 9.80 Å². The summed E-state index contributed by atoms with van der Waals surface area (Å²) in [4.78, 5) is 15.3. The van der Waals surface area contributed by atoms with Crippen molar-refractivity contribution in [3.05, 3.63) is 291 Å². The second kappa shape index (κ2) is 19.8. The van der Waals surface area contributed by atoms with E-state index < -0.39 is 0 Å². The van der Waals surface area contributed by atoms with Crippen molar-refractivity contribution in [2.45, 2.75) is 0 Å². The van der Waals surface area contributed by atoms with E-state index in [1.807, 2.05) is 24.3 Å². The maximum absolute atomic E-state index is 5.32. The van der Waals surface area contributed by atoms with Gasteiger partial charge in [-0.25, -0.2) is 9.97 Å². The van der Waals surface area contributed by atoms with Crippen LogP contribution in [0.3, 0.4) is 0 Å². The van der Waals surface area contributed by atoms with E-state index in [1.54, 1.807) is 0 Å². The topological polar surface area (TPSA) is 32.3 Å². The Labute approximate surface area is 421 Å². The highest BCUT2D eigenvalue weighted by atomic mass is 15.1. The zero-order valence-electron chi connectivity index (χ0n) is 39.5. The maximum Gasteiger partial charge on any atom is 0.0973 e. The molecule has 12 aromatic rings. The van der Waals surface area contributed by atoms with E-state index in [4.69, 9.17) is 9.97 Å². The van der Waals surface area contributed by atoms with Crippen LogP contribution in [0.15, 0.2) is 291 Å². The predicted molar refractivity (Wildman–Crippen MR) is 302 cm³/mol. The second-order valence-corrected chi connectivity index (χ2v) is 17.8. The lowest BCUT2D eigenvalue weighted by Gasteiger charge is -2.26. The van der Waals surface area contributed by atoms with Gasteiger partial charge in [0.25, 0.3) is 0 Å². The highest BCUT2D eigenvalue weighted by Crippen LogP contribution is 2.41. The van der Waals surface area contributed by atoms with Crippen LogP contribution in [0, 0.1) is 0 Å². The van der Waals surface area contributed by atoms with Crippen molar-refractivity contribution in [2.24, 2.45) is 0 Å². The summed E-state index contributed by atoms with van der Waals surface area (Å²) in [6.45, 7) is 0. The lowest BCUT2D eigenvalue weighted by Crippen LogP contribution is -2.10. The number of rotatable bonds is 12. The van der Waals surface area contributed by atoms with Gasteiger partial charge in [0, 0.05) is 45.3 Å². The smallest absolute Gasteiger partial charge is 0.0973 e. The van der Waals surface area contributed by atoms with Gasteiger partial charge in [0.05, 0.1) is 22.4 Å². The highest BCUT2D eigenvalue weighted by molar-refractivity contribution is 5.89. The molecule has 0 unspecified atom stereocenters. The Balaban J connectivity index is 0.893. The first-order chi connectivity index (χ1) is 35.7. The number of aromatic nitrogens is 2. The first-order valence-electron chi connectivity index (χ1n) is 24.4. The molecule has 0 aliphatic carbocycles. The molecule has 4 heteroatoms. The summed E-state index contributed by atoms with van der Waals surface area (Å²) in [6.07, 6.45) is 0. The van der Waals surface area contributed by atoms with Crippen LogP contribution in [0.4, 0.5) is 34.1 Å². The van der Waals surface area contributed by atoms with Gasteiger partial charge >= 0.3 is 0 Å². The molecule has 1 heterocycles. The molecule has 0 aliphatic heterocycles. The summed E-state index contributed by atoms with van der Waals surface area (Å²) in [5, 5.41) is 0. The summed E-state index contributed by atoms with van der Waals surface area (Å²) < 4.78 is 0. The first-order valence-corrected chi connectivity index (χ1v) is 24.4. The van der Waals surface area contributed by atoms with Gasteiger partial charge in [0.2, 0.25) is 0 Å². The lowest BCUT2D eigenvalue weighted by atomic mass is 9.98. The zero-order chi connectivity index (χ0) is 48.1. The molecule has 340 valence electrons. The fraction of sp³-hybridized carbons (Fsp3) is 0. The molecule has 4 nitrogen and oxygen atoms in total. The van der Waals surface area contributed by atoms with Crippen molar-refractivity contribution >= 4 is 45.2 Å². The quantitative estimate of drug-likeness (QED) is 0.122. The standard InChI is InChI=1S/C68H48N4/c1-5-19-49(20-6-1)53-23-15-25-55(45-53)57-27-17-33-63(47-57)71(59-29-9-3-10-30-59)61-41-37-51(38-42-61)67-68(70-66-36-14-13-35-65(66)69-67)52-39-43-62(44-40-52)72(60-31-11-4-12-32-60)64-34-18-28-58(48-64)56-26-16-24-54(46-56)50-21-7-2-8-22-50/h1-48H. The SMILES string of the molecule is c1ccc(-c2cccc(-c3cccc(N(c4ccccc4)c4ccc(-c5nc6ccccc6nc5-c5ccc(N(c6ccccc6)c6cccc(-c7cccc(-c8ccccc8)c7)c6)cc5)cc4)c3)c2)cc1. The second-order valence-electron chi connectivity index (χ2n) is 17.8. The normalized spacial score (nSPS) is 11.1. The van der Waals surface area contributed by atoms with Gasteiger partial charge in [-0.1, -0.05) is 194 Å². The molecule has 0 bridgehead atoms. The number of nitrogens with zero attached hydrogens (tertiary/aromatic N) is 4. The Morgan fingerprint density at radius 3 is 0.819 bits per heavy atom. The fourth-order valence-electron chi connectivity index (χ4n) is 9.65. The molecule has 12 rings (SSSR count). The molecule has 0 radical (unpaired) electrons.